The standard InChI is InChI=1S/C27H36N2O2/c1-5-28(6-2)25(30)17-19-27(20-18-26(31)29(7-3)8-4)23-15-11-9-13-21(23)22-14-10-12-16-24(22)27/h9-16H,5-8,17-20H2,1-4H3. The summed E-state index contributed by atoms with van der Waals surface area (Å²) in [5, 5.41) is 0. The highest BCUT2D eigenvalue weighted by Gasteiger charge is 2.43. The second kappa shape index (κ2) is 10.1. The van der Waals surface area contributed by atoms with E-state index >= 15 is 0 Å². The zero-order chi connectivity index (χ0) is 22.4. The summed E-state index contributed by atoms with van der Waals surface area (Å²) in [5.41, 5.74) is 4.69. The second-order valence-electron chi connectivity index (χ2n) is 8.31. The van der Waals surface area contributed by atoms with Gasteiger partial charge in [0.15, 0.2) is 0 Å². The van der Waals surface area contributed by atoms with Crippen LogP contribution < -0.4 is 0 Å². The molecule has 0 heterocycles. The van der Waals surface area contributed by atoms with Gasteiger partial charge in [0, 0.05) is 44.4 Å². The van der Waals surface area contributed by atoms with E-state index in [4.69, 9.17) is 0 Å². The van der Waals surface area contributed by atoms with Crippen molar-refractivity contribution in [2.45, 2.75) is 58.8 Å². The molecule has 1 aliphatic rings. The number of carbonyl (C=O) groups excluding carboxylic acids is 2. The normalized spacial score (nSPS) is 13.4. The van der Waals surface area contributed by atoms with Gasteiger partial charge in [-0.2, -0.15) is 0 Å². The molecule has 2 aromatic carbocycles. The molecule has 0 bridgehead atoms. The number of hydrogen-bond acceptors (Lipinski definition) is 2. The van der Waals surface area contributed by atoms with Crippen molar-refractivity contribution in [3.63, 3.8) is 0 Å². The van der Waals surface area contributed by atoms with E-state index in [1.807, 2.05) is 37.5 Å². The average Bonchev–Trinajstić information content (AvgIpc) is 3.08. The van der Waals surface area contributed by atoms with Crippen LogP contribution in [0.4, 0.5) is 0 Å². The lowest BCUT2D eigenvalue weighted by molar-refractivity contribution is -0.131. The van der Waals surface area contributed by atoms with E-state index in [1.54, 1.807) is 0 Å². The van der Waals surface area contributed by atoms with Gasteiger partial charge in [-0.3, -0.25) is 9.59 Å². The Hall–Kier alpha value is -2.62. The zero-order valence-corrected chi connectivity index (χ0v) is 19.5. The molecule has 0 saturated heterocycles. The van der Waals surface area contributed by atoms with E-state index in [1.165, 1.54) is 22.3 Å². The van der Waals surface area contributed by atoms with Gasteiger partial charge < -0.3 is 9.80 Å². The minimum Gasteiger partial charge on any atom is -0.343 e. The van der Waals surface area contributed by atoms with Crippen molar-refractivity contribution in [3.8, 4) is 11.1 Å². The Balaban J connectivity index is 1.99. The van der Waals surface area contributed by atoms with E-state index in [2.05, 4.69) is 48.5 Å². The molecule has 0 spiro atoms. The molecule has 3 rings (SSSR count). The number of benzene rings is 2. The van der Waals surface area contributed by atoms with Gasteiger partial charge in [-0.25, -0.2) is 0 Å². The summed E-state index contributed by atoms with van der Waals surface area (Å²) in [7, 11) is 0. The molecule has 0 aromatic heterocycles. The first-order valence-electron chi connectivity index (χ1n) is 11.8. The Morgan fingerprint density at radius 3 is 1.35 bits per heavy atom. The number of carbonyl (C=O) groups is 2. The predicted molar refractivity (Wildman–Crippen MR) is 127 cm³/mol. The van der Waals surface area contributed by atoms with Crippen LogP contribution >= 0.6 is 0 Å². The Morgan fingerprint density at radius 2 is 1.00 bits per heavy atom. The van der Waals surface area contributed by atoms with E-state index in [0.29, 0.717) is 12.8 Å². The lowest BCUT2D eigenvalue weighted by atomic mass is 9.71. The number of rotatable bonds is 10. The lowest BCUT2D eigenvalue weighted by Gasteiger charge is -2.33. The van der Waals surface area contributed by atoms with Gasteiger partial charge in [0.05, 0.1) is 0 Å². The maximum Gasteiger partial charge on any atom is 0.222 e. The molecule has 4 nitrogen and oxygen atoms in total. The van der Waals surface area contributed by atoms with Crippen LogP contribution in [0.1, 0.15) is 64.5 Å². The molecule has 0 fully saturated rings. The monoisotopic (exact) mass is 420 g/mol. The number of nitrogens with zero attached hydrogens (tertiary/aromatic N) is 2. The van der Waals surface area contributed by atoms with Crippen LogP contribution in [0.3, 0.4) is 0 Å². The fourth-order valence-corrected chi connectivity index (χ4v) is 5.19. The average molecular weight is 421 g/mol. The van der Waals surface area contributed by atoms with Gasteiger partial charge in [0.1, 0.15) is 0 Å². The molecule has 0 radical (unpaired) electrons. The van der Waals surface area contributed by atoms with Gasteiger partial charge in [-0.1, -0.05) is 48.5 Å². The van der Waals surface area contributed by atoms with Gasteiger partial charge in [-0.05, 0) is 62.8 Å². The molecule has 2 amide bonds. The first-order chi connectivity index (χ1) is 15.0. The topological polar surface area (TPSA) is 40.6 Å². The Kier molecular flexibility index (Phi) is 7.53. The van der Waals surface area contributed by atoms with Crippen molar-refractivity contribution in [3.05, 3.63) is 59.7 Å². The summed E-state index contributed by atoms with van der Waals surface area (Å²) in [4.78, 5) is 29.6. The highest BCUT2D eigenvalue weighted by atomic mass is 16.2. The first-order valence-corrected chi connectivity index (χ1v) is 11.8. The summed E-state index contributed by atoms with van der Waals surface area (Å²) in [6.07, 6.45) is 2.43. The van der Waals surface area contributed by atoms with Gasteiger partial charge >= 0.3 is 0 Å². The molecule has 2 aromatic rings. The van der Waals surface area contributed by atoms with E-state index < -0.39 is 0 Å². The lowest BCUT2D eigenvalue weighted by Crippen LogP contribution is -2.35. The van der Waals surface area contributed by atoms with Crippen LogP contribution in [0.2, 0.25) is 0 Å². The highest BCUT2D eigenvalue weighted by Crippen LogP contribution is 2.53. The van der Waals surface area contributed by atoms with Gasteiger partial charge in [0.2, 0.25) is 11.8 Å². The third-order valence-corrected chi connectivity index (χ3v) is 6.94. The minimum absolute atomic E-state index is 0.196. The molecule has 0 atom stereocenters. The Bertz CT molecular complexity index is 837. The van der Waals surface area contributed by atoms with Crippen LogP contribution in [0.25, 0.3) is 11.1 Å². The van der Waals surface area contributed by atoms with Gasteiger partial charge in [-0.15, -0.1) is 0 Å². The molecule has 31 heavy (non-hydrogen) atoms. The fraction of sp³-hybridized carbons (Fsp3) is 0.481. The molecule has 166 valence electrons. The van der Waals surface area contributed by atoms with Crippen LogP contribution in [0.15, 0.2) is 48.5 Å². The third kappa shape index (κ3) is 4.39. The molecule has 0 unspecified atom stereocenters. The van der Waals surface area contributed by atoms with Crippen LogP contribution in [0.5, 0.6) is 0 Å². The molecule has 0 saturated carbocycles. The summed E-state index contributed by atoms with van der Waals surface area (Å²) in [6, 6.07) is 17.1. The van der Waals surface area contributed by atoms with Crippen molar-refractivity contribution in [1.82, 2.24) is 9.80 Å². The maximum atomic E-state index is 12.9. The van der Waals surface area contributed by atoms with E-state index in [-0.39, 0.29) is 17.2 Å². The van der Waals surface area contributed by atoms with Crippen molar-refractivity contribution in [2.24, 2.45) is 0 Å². The fourth-order valence-electron chi connectivity index (χ4n) is 5.19. The van der Waals surface area contributed by atoms with Crippen molar-refractivity contribution >= 4 is 11.8 Å². The highest BCUT2D eigenvalue weighted by molar-refractivity contribution is 5.83. The summed E-state index contributed by atoms with van der Waals surface area (Å²) in [5.74, 6) is 0.391. The third-order valence-electron chi connectivity index (χ3n) is 6.94. The van der Waals surface area contributed by atoms with Crippen molar-refractivity contribution < 1.29 is 9.59 Å². The number of hydrogen-bond donors (Lipinski definition) is 0. The largest absolute Gasteiger partial charge is 0.343 e. The summed E-state index contributed by atoms with van der Waals surface area (Å²) >= 11 is 0. The van der Waals surface area contributed by atoms with Crippen molar-refractivity contribution in [2.75, 3.05) is 26.2 Å². The Labute approximate surface area is 187 Å². The molecular formula is C27H36N2O2. The van der Waals surface area contributed by atoms with Crippen LogP contribution in [-0.2, 0) is 15.0 Å². The second-order valence-corrected chi connectivity index (χ2v) is 8.31. The van der Waals surface area contributed by atoms with Crippen molar-refractivity contribution in [1.29, 1.82) is 0 Å². The minimum atomic E-state index is -0.307. The first kappa shape index (κ1) is 23.1. The number of amides is 2. The SMILES string of the molecule is CCN(CC)C(=O)CCC1(CCC(=O)N(CC)CC)c2ccccc2-c2ccccc21. The Morgan fingerprint density at radius 1 is 0.645 bits per heavy atom. The van der Waals surface area contributed by atoms with Crippen LogP contribution in [-0.4, -0.2) is 47.8 Å². The molecule has 4 heteroatoms. The number of fused-ring (bicyclic) bond motifs is 3. The smallest absolute Gasteiger partial charge is 0.222 e. The van der Waals surface area contributed by atoms with E-state index in [0.717, 1.165) is 39.0 Å². The van der Waals surface area contributed by atoms with Crippen LogP contribution in [0, 0.1) is 0 Å². The molecule has 0 aliphatic heterocycles. The summed E-state index contributed by atoms with van der Waals surface area (Å²) < 4.78 is 0. The summed E-state index contributed by atoms with van der Waals surface area (Å²) in [6.45, 7) is 11.0. The quantitative estimate of drug-likeness (QED) is 0.527. The molecule has 0 N–H and O–H groups in total. The van der Waals surface area contributed by atoms with E-state index in [9.17, 15) is 9.59 Å². The maximum absolute atomic E-state index is 12.9. The van der Waals surface area contributed by atoms with Gasteiger partial charge in [0.25, 0.3) is 0 Å². The zero-order valence-electron chi connectivity index (χ0n) is 19.5. The predicted octanol–water partition coefficient (Wildman–Crippen LogP) is 5.25. The molecule has 1 aliphatic carbocycles. The molecular weight excluding hydrogens is 384 g/mol.